The Kier molecular flexibility index (Phi) is 3.70. The van der Waals surface area contributed by atoms with E-state index in [1.807, 2.05) is 0 Å². The number of amides is 2. The lowest BCUT2D eigenvalue weighted by molar-refractivity contribution is -0.0588. The molecule has 8 heteroatoms. The van der Waals surface area contributed by atoms with Gasteiger partial charge in [-0.3, -0.25) is 14.6 Å². The van der Waals surface area contributed by atoms with E-state index >= 15 is 0 Å². The maximum atomic E-state index is 12.4. The highest BCUT2D eigenvalue weighted by Crippen LogP contribution is 2.23. The van der Waals surface area contributed by atoms with Crippen LogP contribution in [0.5, 0.6) is 0 Å². The second-order valence-electron chi connectivity index (χ2n) is 5.34. The highest BCUT2D eigenvalue weighted by atomic mass is 16.7. The van der Waals surface area contributed by atoms with Gasteiger partial charge < -0.3 is 4.84 Å². The molecule has 3 heterocycles. The summed E-state index contributed by atoms with van der Waals surface area (Å²) in [5.41, 5.74) is 0.895. The molecule has 4 rings (SSSR count). The molecule has 3 aromatic rings. The van der Waals surface area contributed by atoms with Gasteiger partial charge in [-0.1, -0.05) is 17.2 Å². The SMILES string of the molecule is O=C(ON1C(=O)c2ccccc2C1=O)c1ccnc(-c2cccnc2)n1. The highest BCUT2D eigenvalue weighted by molar-refractivity contribution is 6.21. The second kappa shape index (κ2) is 6.17. The topological polar surface area (TPSA) is 102 Å². The van der Waals surface area contributed by atoms with Crippen molar-refractivity contribution in [3.05, 3.63) is 77.9 Å². The normalized spacial score (nSPS) is 12.8. The van der Waals surface area contributed by atoms with E-state index in [4.69, 9.17) is 4.84 Å². The molecule has 2 aromatic heterocycles. The summed E-state index contributed by atoms with van der Waals surface area (Å²) in [5.74, 6) is -2.05. The summed E-state index contributed by atoms with van der Waals surface area (Å²) in [6.45, 7) is 0. The van der Waals surface area contributed by atoms with E-state index in [1.165, 1.54) is 24.4 Å². The van der Waals surface area contributed by atoms with E-state index in [9.17, 15) is 14.4 Å². The van der Waals surface area contributed by atoms with E-state index in [0.717, 1.165) is 0 Å². The summed E-state index contributed by atoms with van der Waals surface area (Å²) in [4.78, 5) is 54.0. The van der Waals surface area contributed by atoms with Gasteiger partial charge >= 0.3 is 5.97 Å². The van der Waals surface area contributed by atoms with Crippen LogP contribution in [0.1, 0.15) is 31.2 Å². The fourth-order valence-electron chi connectivity index (χ4n) is 2.49. The quantitative estimate of drug-likeness (QED) is 0.667. The third kappa shape index (κ3) is 2.59. The lowest BCUT2D eigenvalue weighted by Gasteiger charge is -2.12. The van der Waals surface area contributed by atoms with Crippen LogP contribution < -0.4 is 0 Å². The van der Waals surface area contributed by atoms with Gasteiger partial charge in [-0.2, -0.15) is 0 Å². The first-order valence-corrected chi connectivity index (χ1v) is 7.59. The first-order chi connectivity index (χ1) is 12.6. The average Bonchev–Trinajstić information content (AvgIpc) is 2.94. The Morgan fingerprint density at radius 3 is 2.31 bits per heavy atom. The van der Waals surface area contributed by atoms with E-state index in [0.29, 0.717) is 10.6 Å². The molecule has 1 aliphatic rings. The zero-order valence-corrected chi connectivity index (χ0v) is 13.2. The maximum absolute atomic E-state index is 12.4. The van der Waals surface area contributed by atoms with Crippen LogP contribution in [0.15, 0.2) is 61.1 Å². The molecule has 26 heavy (non-hydrogen) atoms. The number of imide groups is 1. The molecular weight excluding hydrogens is 336 g/mol. The summed E-state index contributed by atoms with van der Waals surface area (Å²) in [7, 11) is 0. The highest BCUT2D eigenvalue weighted by Gasteiger charge is 2.39. The Morgan fingerprint density at radius 1 is 0.923 bits per heavy atom. The van der Waals surface area contributed by atoms with Gasteiger partial charge in [0, 0.05) is 24.2 Å². The lowest BCUT2D eigenvalue weighted by Crippen LogP contribution is -2.33. The van der Waals surface area contributed by atoms with Gasteiger partial charge in [-0.15, -0.1) is 0 Å². The van der Waals surface area contributed by atoms with Crippen molar-refractivity contribution in [2.45, 2.75) is 0 Å². The molecule has 126 valence electrons. The van der Waals surface area contributed by atoms with Crippen LogP contribution in [0, 0.1) is 0 Å². The van der Waals surface area contributed by atoms with Crippen LogP contribution in [-0.4, -0.2) is 37.8 Å². The van der Waals surface area contributed by atoms with E-state index < -0.39 is 17.8 Å². The minimum atomic E-state index is -0.938. The first kappa shape index (κ1) is 15.6. The standard InChI is InChI=1S/C18H10N4O4/c23-16-12-5-1-2-6-13(12)17(24)22(16)26-18(25)14-7-9-20-15(21-14)11-4-3-8-19-10-11/h1-10H. The van der Waals surface area contributed by atoms with Crippen molar-refractivity contribution >= 4 is 17.8 Å². The minimum absolute atomic E-state index is 0.0876. The molecule has 0 saturated heterocycles. The zero-order valence-electron chi connectivity index (χ0n) is 13.2. The fraction of sp³-hybridized carbons (Fsp3) is 0. The Morgan fingerprint density at radius 2 is 1.65 bits per heavy atom. The Balaban J connectivity index is 1.58. The maximum Gasteiger partial charge on any atom is 0.382 e. The number of pyridine rings is 1. The molecule has 0 radical (unpaired) electrons. The van der Waals surface area contributed by atoms with Crippen LogP contribution in [-0.2, 0) is 4.84 Å². The number of rotatable bonds is 3. The number of aromatic nitrogens is 3. The predicted molar refractivity (Wildman–Crippen MR) is 87.6 cm³/mol. The van der Waals surface area contributed by atoms with E-state index in [2.05, 4.69) is 15.0 Å². The molecular formula is C18H10N4O4. The number of hydrogen-bond donors (Lipinski definition) is 0. The number of carbonyl (C=O) groups is 3. The summed E-state index contributed by atoms with van der Waals surface area (Å²) < 4.78 is 0. The third-order valence-corrected chi connectivity index (χ3v) is 3.72. The smallest absolute Gasteiger partial charge is 0.323 e. The van der Waals surface area contributed by atoms with Crippen LogP contribution in [0.4, 0.5) is 0 Å². The number of fused-ring (bicyclic) bond motifs is 1. The number of hydroxylamine groups is 2. The summed E-state index contributed by atoms with van der Waals surface area (Å²) >= 11 is 0. The summed E-state index contributed by atoms with van der Waals surface area (Å²) in [5, 5.41) is 0.443. The van der Waals surface area contributed by atoms with Gasteiger partial charge in [0.15, 0.2) is 11.5 Å². The molecule has 0 spiro atoms. The van der Waals surface area contributed by atoms with Gasteiger partial charge in [0.2, 0.25) is 0 Å². The number of hydrogen-bond acceptors (Lipinski definition) is 7. The fourth-order valence-corrected chi connectivity index (χ4v) is 2.49. The zero-order chi connectivity index (χ0) is 18.1. The molecule has 2 amide bonds. The van der Waals surface area contributed by atoms with Gasteiger partial charge in [0.25, 0.3) is 11.8 Å². The molecule has 0 aliphatic carbocycles. The molecule has 0 unspecified atom stereocenters. The van der Waals surface area contributed by atoms with E-state index in [-0.39, 0.29) is 22.6 Å². The molecule has 0 N–H and O–H groups in total. The first-order valence-electron chi connectivity index (χ1n) is 7.59. The molecule has 0 fully saturated rings. The lowest BCUT2D eigenvalue weighted by atomic mass is 10.1. The van der Waals surface area contributed by atoms with Crippen molar-refractivity contribution in [3.8, 4) is 11.4 Å². The van der Waals surface area contributed by atoms with Crippen LogP contribution in [0.3, 0.4) is 0 Å². The van der Waals surface area contributed by atoms with Crippen molar-refractivity contribution in [1.29, 1.82) is 0 Å². The number of benzene rings is 1. The second-order valence-corrected chi connectivity index (χ2v) is 5.34. The third-order valence-electron chi connectivity index (χ3n) is 3.72. The van der Waals surface area contributed by atoms with Gasteiger partial charge in [0.05, 0.1) is 11.1 Å². The Bertz CT molecular complexity index is 1000. The largest absolute Gasteiger partial charge is 0.382 e. The molecule has 1 aromatic carbocycles. The number of carbonyl (C=O) groups excluding carboxylic acids is 3. The van der Waals surface area contributed by atoms with E-state index in [1.54, 1.807) is 36.7 Å². The molecule has 0 saturated carbocycles. The number of nitrogens with zero attached hydrogens (tertiary/aromatic N) is 4. The Hall–Kier alpha value is -3.94. The summed E-state index contributed by atoms with van der Waals surface area (Å²) in [6.07, 6.45) is 4.53. The van der Waals surface area contributed by atoms with Crippen LogP contribution >= 0.6 is 0 Å². The van der Waals surface area contributed by atoms with Crippen molar-refractivity contribution < 1.29 is 19.2 Å². The molecule has 0 atom stereocenters. The summed E-state index contributed by atoms with van der Waals surface area (Å²) in [6, 6.07) is 11.0. The average molecular weight is 346 g/mol. The van der Waals surface area contributed by atoms with Crippen molar-refractivity contribution in [2.75, 3.05) is 0 Å². The van der Waals surface area contributed by atoms with Gasteiger partial charge in [-0.05, 0) is 30.3 Å². The minimum Gasteiger partial charge on any atom is -0.323 e. The predicted octanol–water partition coefficient (Wildman–Crippen LogP) is 1.91. The molecule has 0 bridgehead atoms. The van der Waals surface area contributed by atoms with Gasteiger partial charge in [-0.25, -0.2) is 14.8 Å². The van der Waals surface area contributed by atoms with Gasteiger partial charge in [0.1, 0.15) is 0 Å². The molecule has 1 aliphatic heterocycles. The van der Waals surface area contributed by atoms with Crippen LogP contribution in [0.2, 0.25) is 0 Å². The van der Waals surface area contributed by atoms with Crippen molar-refractivity contribution in [3.63, 3.8) is 0 Å². The van der Waals surface area contributed by atoms with Crippen molar-refractivity contribution in [2.24, 2.45) is 0 Å². The molecule has 8 nitrogen and oxygen atoms in total. The Labute approximate surface area is 147 Å². The van der Waals surface area contributed by atoms with Crippen LogP contribution in [0.25, 0.3) is 11.4 Å². The monoisotopic (exact) mass is 346 g/mol. The van der Waals surface area contributed by atoms with Crippen molar-refractivity contribution in [1.82, 2.24) is 20.0 Å².